The molecular formula is C15H21F3N2O. The molecule has 6 heteroatoms. The quantitative estimate of drug-likeness (QED) is 0.922. The molecule has 1 saturated heterocycles. The van der Waals surface area contributed by atoms with E-state index in [1.165, 1.54) is 4.90 Å². The van der Waals surface area contributed by atoms with Crippen molar-refractivity contribution in [3.05, 3.63) is 23.8 Å². The van der Waals surface area contributed by atoms with Gasteiger partial charge in [0.25, 0.3) is 0 Å². The summed E-state index contributed by atoms with van der Waals surface area (Å²) in [6, 6.07) is 6.05. The zero-order valence-electron chi connectivity index (χ0n) is 12.3. The van der Waals surface area contributed by atoms with Gasteiger partial charge in [-0.2, -0.15) is 13.2 Å². The third-order valence-electron chi connectivity index (χ3n) is 3.71. The van der Waals surface area contributed by atoms with Crippen LogP contribution in [0.1, 0.15) is 18.4 Å². The first-order valence-electron chi connectivity index (χ1n) is 7.07. The van der Waals surface area contributed by atoms with Crippen LogP contribution in [0.5, 0.6) is 5.75 Å². The standard InChI is InChI=1S/C15H21F3N2O/c1-11-3-4-14(21-2)13(9-11)19-12-5-7-20(8-6-12)10-15(16,17)18/h3-4,9,12,19H,5-8,10H2,1-2H3. The molecule has 0 bridgehead atoms. The van der Waals surface area contributed by atoms with Crippen molar-refractivity contribution in [2.24, 2.45) is 0 Å². The predicted molar refractivity (Wildman–Crippen MR) is 76.9 cm³/mol. The number of methoxy groups -OCH3 is 1. The molecule has 0 radical (unpaired) electrons. The number of halogens is 3. The maximum Gasteiger partial charge on any atom is 0.401 e. The van der Waals surface area contributed by atoms with Gasteiger partial charge in [0, 0.05) is 19.1 Å². The van der Waals surface area contributed by atoms with Gasteiger partial charge in [-0.05, 0) is 37.5 Å². The van der Waals surface area contributed by atoms with Crippen molar-refractivity contribution in [1.29, 1.82) is 0 Å². The molecule has 3 nitrogen and oxygen atoms in total. The van der Waals surface area contributed by atoms with Crippen LogP contribution in [0, 0.1) is 6.92 Å². The van der Waals surface area contributed by atoms with Gasteiger partial charge in [-0.15, -0.1) is 0 Å². The lowest BCUT2D eigenvalue weighted by Crippen LogP contribution is -2.43. The average molecular weight is 302 g/mol. The zero-order chi connectivity index (χ0) is 15.5. The largest absolute Gasteiger partial charge is 0.495 e. The highest BCUT2D eigenvalue weighted by Crippen LogP contribution is 2.28. The fourth-order valence-corrected chi connectivity index (χ4v) is 2.64. The summed E-state index contributed by atoms with van der Waals surface area (Å²) in [4.78, 5) is 1.46. The maximum atomic E-state index is 12.4. The van der Waals surface area contributed by atoms with Crippen molar-refractivity contribution in [2.45, 2.75) is 32.0 Å². The molecule has 0 spiro atoms. The maximum absolute atomic E-state index is 12.4. The Kier molecular flexibility index (Phi) is 4.98. The van der Waals surface area contributed by atoms with Crippen molar-refractivity contribution in [3.63, 3.8) is 0 Å². The molecule has 21 heavy (non-hydrogen) atoms. The minimum Gasteiger partial charge on any atom is -0.495 e. The van der Waals surface area contributed by atoms with Crippen molar-refractivity contribution >= 4 is 5.69 Å². The molecule has 0 aromatic heterocycles. The van der Waals surface area contributed by atoms with Crippen molar-refractivity contribution in [2.75, 3.05) is 32.1 Å². The molecule has 1 fully saturated rings. The van der Waals surface area contributed by atoms with Gasteiger partial charge in [0.05, 0.1) is 19.3 Å². The number of likely N-dealkylation sites (tertiary alicyclic amines) is 1. The molecule has 1 aliphatic heterocycles. The first-order chi connectivity index (χ1) is 9.87. The number of aryl methyl sites for hydroxylation is 1. The van der Waals surface area contributed by atoms with Gasteiger partial charge in [0.1, 0.15) is 5.75 Å². The molecule has 1 N–H and O–H groups in total. The Bertz CT molecular complexity index is 468. The molecule has 0 saturated carbocycles. The van der Waals surface area contributed by atoms with Crippen LogP contribution in [0.4, 0.5) is 18.9 Å². The lowest BCUT2D eigenvalue weighted by Gasteiger charge is -2.33. The van der Waals surface area contributed by atoms with Crippen LogP contribution < -0.4 is 10.1 Å². The molecule has 1 aliphatic rings. The minimum atomic E-state index is -4.11. The van der Waals surface area contributed by atoms with Crippen LogP contribution >= 0.6 is 0 Å². The van der Waals surface area contributed by atoms with Crippen LogP contribution in [0.3, 0.4) is 0 Å². The lowest BCUT2D eigenvalue weighted by molar-refractivity contribution is -0.147. The Labute approximate surface area is 123 Å². The summed E-state index contributed by atoms with van der Waals surface area (Å²) in [5.41, 5.74) is 2.03. The Balaban J connectivity index is 1.90. The highest BCUT2D eigenvalue weighted by molar-refractivity contribution is 5.58. The van der Waals surface area contributed by atoms with Gasteiger partial charge in [-0.1, -0.05) is 6.07 Å². The van der Waals surface area contributed by atoms with E-state index in [1.807, 2.05) is 25.1 Å². The molecule has 1 aromatic carbocycles. The van der Waals surface area contributed by atoms with Gasteiger partial charge in [-0.25, -0.2) is 0 Å². The molecule has 1 heterocycles. The normalized spacial score (nSPS) is 17.8. The van der Waals surface area contributed by atoms with Crippen molar-refractivity contribution in [3.8, 4) is 5.75 Å². The molecule has 0 atom stereocenters. The van der Waals surface area contributed by atoms with Crippen molar-refractivity contribution in [1.82, 2.24) is 4.90 Å². The second-order valence-corrected chi connectivity index (χ2v) is 5.51. The van der Waals surface area contributed by atoms with E-state index in [2.05, 4.69) is 5.32 Å². The number of hydrogen-bond donors (Lipinski definition) is 1. The summed E-state index contributed by atoms with van der Waals surface area (Å²) < 4.78 is 42.4. The molecule has 118 valence electrons. The van der Waals surface area contributed by atoms with E-state index in [0.717, 1.165) is 17.0 Å². The number of benzene rings is 1. The van der Waals surface area contributed by atoms with Crippen LogP contribution in [0.2, 0.25) is 0 Å². The average Bonchev–Trinajstić information content (AvgIpc) is 2.40. The lowest BCUT2D eigenvalue weighted by atomic mass is 10.0. The van der Waals surface area contributed by atoms with Crippen molar-refractivity contribution < 1.29 is 17.9 Å². The zero-order valence-corrected chi connectivity index (χ0v) is 12.3. The minimum absolute atomic E-state index is 0.185. The summed E-state index contributed by atoms with van der Waals surface area (Å²) in [5.74, 6) is 0.762. The first-order valence-corrected chi connectivity index (χ1v) is 7.07. The number of alkyl halides is 3. The van der Waals surface area contributed by atoms with Gasteiger partial charge in [-0.3, -0.25) is 4.90 Å². The van der Waals surface area contributed by atoms with Crippen LogP contribution in [0.15, 0.2) is 18.2 Å². The van der Waals surface area contributed by atoms with E-state index in [1.54, 1.807) is 7.11 Å². The van der Waals surface area contributed by atoms with E-state index >= 15 is 0 Å². The fraction of sp³-hybridized carbons (Fsp3) is 0.600. The number of nitrogens with one attached hydrogen (secondary N) is 1. The Morgan fingerprint density at radius 1 is 1.29 bits per heavy atom. The third-order valence-corrected chi connectivity index (χ3v) is 3.71. The molecule has 2 rings (SSSR count). The molecular weight excluding hydrogens is 281 g/mol. The van der Waals surface area contributed by atoms with Gasteiger partial charge >= 0.3 is 6.18 Å². The van der Waals surface area contributed by atoms with Crippen LogP contribution in [-0.4, -0.2) is 43.9 Å². The van der Waals surface area contributed by atoms with E-state index in [4.69, 9.17) is 4.74 Å². The van der Waals surface area contributed by atoms with E-state index in [0.29, 0.717) is 25.9 Å². The fourth-order valence-electron chi connectivity index (χ4n) is 2.64. The smallest absolute Gasteiger partial charge is 0.401 e. The third kappa shape index (κ3) is 4.81. The Morgan fingerprint density at radius 3 is 2.52 bits per heavy atom. The highest BCUT2D eigenvalue weighted by Gasteiger charge is 2.32. The topological polar surface area (TPSA) is 24.5 Å². The number of anilines is 1. The predicted octanol–water partition coefficient (Wildman–Crippen LogP) is 3.44. The summed E-state index contributed by atoms with van der Waals surface area (Å²) in [5, 5.41) is 3.39. The van der Waals surface area contributed by atoms with E-state index < -0.39 is 12.7 Å². The van der Waals surface area contributed by atoms with Crippen LogP contribution in [0.25, 0.3) is 0 Å². The highest BCUT2D eigenvalue weighted by atomic mass is 19.4. The molecule has 0 aliphatic carbocycles. The number of piperidine rings is 1. The number of hydrogen-bond acceptors (Lipinski definition) is 3. The SMILES string of the molecule is COc1ccc(C)cc1NC1CCN(CC(F)(F)F)CC1. The second kappa shape index (κ2) is 6.56. The van der Waals surface area contributed by atoms with E-state index in [9.17, 15) is 13.2 Å². The number of rotatable bonds is 4. The monoisotopic (exact) mass is 302 g/mol. The Hall–Kier alpha value is -1.43. The molecule has 1 aromatic rings. The van der Waals surface area contributed by atoms with E-state index in [-0.39, 0.29) is 6.04 Å². The summed E-state index contributed by atoms with van der Waals surface area (Å²) in [6.07, 6.45) is -2.71. The second-order valence-electron chi connectivity index (χ2n) is 5.51. The summed E-state index contributed by atoms with van der Waals surface area (Å²) >= 11 is 0. The molecule has 0 unspecified atom stereocenters. The Morgan fingerprint density at radius 2 is 1.95 bits per heavy atom. The first kappa shape index (κ1) is 15.9. The summed E-state index contributed by atoms with van der Waals surface area (Å²) in [7, 11) is 1.61. The number of nitrogens with zero attached hydrogens (tertiary/aromatic N) is 1. The molecule has 0 amide bonds. The number of ether oxygens (including phenoxy) is 1. The van der Waals surface area contributed by atoms with Gasteiger partial charge in [0.15, 0.2) is 0 Å². The van der Waals surface area contributed by atoms with Gasteiger partial charge in [0.2, 0.25) is 0 Å². The van der Waals surface area contributed by atoms with Gasteiger partial charge < -0.3 is 10.1 Å². The van der Waals surface area contributed by atoms with Crippen LogP contribution in [-0.2, 0) is 0 Å². The summed E-state index contributed by atoms with van der Waals surface area (Å²) in [6.45, 7) is 2.11.